The molecule has 152 valence electrons. The van der Waals surface area contributed by atoms with Crippen LogP contribution in [0.25, 0.3) is 0 Å². The summed E-state index contributed by atoms with van der Waals surface area (Å²) in [7, 11) is 0. The van der Waals surface area contributed by atoms with Crippen LogP contribution in [0, 0.1) is 0 Å². The molecule has 0 atom stereocenters. The van der Waals surface area contributed by atoms with E-state index in [1.54, 1.807) is 31.2 Å². The lowest BCUT2D eigenvalue weighted by Gasteiger charge is -2.26. The number of hydrogen-bond donors (Lipinski definition) is 2. The summed E-state index contributed by atoms with van der Waals surface area (Å²) in [4.78, 5) is 26.1. The fraction of sp³-hybridized carbons (Fsp3) is 0.318. The third-order valence-corrected chi connectivity index (χ3v) is 4.78. The van der Waals surface area contributed by atoms with Crippen LogP contribution < -0.4 is 10.2 Å². The van der Waals surface area contributed by atoms with E-state index < -0.39 is 5.91 Å². The van der Waals surface area contributed by atoms with Crippen LogP contribution in [-0.2, 0) is 4.79 Å². The predicted octanol–water partition coefficient (Wildman–Crippen LogP) is 2.94. The van der Waals surface area contributed by atoms with Crippen LogP contribution in [0.4, 0.5) is 0 Å². The Labute approximate surface area is 170 Å². The number of hydrazone groups is 1. The Kier molecular flexibility index (Phi) is 6.84. The van der Waals surface area contributed by atoms with Crippen molar-refractivity contribution in [2.75, 3.05) is 19.7 Å². The van der Waals surface area contributed by atoms with Crippen molar-refractivity contribution in [1.82, 2.24) is 10.3 Å². The summed E-state index contributed by atoms with van der Waals surface area (Å²) in [5.41, 5.74) is 4.23. The van der Waals surface area contributed by atoms with Crippen LogP contribution in [0.3, 0.4) is 0 Å². The normalized spacial score (nSPS) is 14.4. The number of carbonyl (C=O) groups is 2. The first-order valence-electron chi connectivity index (χ1n) is 9.67. The van der Waals surface area contributed by atoms with Crippen LogP contribution in [0.5, 0.6) is 11.5 Å². The predicted molar refractivity (Wildman–Crippen MR) is 110 cm³/mol. The Morgan fingerprint density at radius 1 is 1.07 bits per heavy atom. The molecule has 2 aromatic rings. The zero-order valence-corrected chi connectivity index (χ0v) is 16.4. The molecule has 0 spiro atoms. The highest BCUT2D eigenvalue weighted by molar-refractivity contribution is 6.01. The molecule has 0 unspecified atom stereocenters. The Morgan fingerprint density at radius 3 is 2.48 bits per heavy atom. The average Bonchev–Trinajstić information content (AvgIpc) is 2.76. The van der Waals surface area contributed by atoms with Gasteiger partial charge in [0.15, 0.2) is 6.61 Å². The first kappa shape index (κ1) is 20.4. The molecule has 3 rings (SSSR count). The fourth-order valence-corrected chi connectivity index (χ4v) is 3.08. The van der Waals surface area contributed by atoms with Crippen LogP contribution >= 0.6 is 0 Å². The summed E-state index contributed by atoms with van der Waals surface area (Å²) in [5.74, 6) is 0.237. The quantitative estimate of drug-likeness (QED) is 0.581. The summed E-state index contributed by atoms with van der Waals surface area (Å²) in [5, 5.41) is 13.5. The van der Waals surface area contributed by atoms with E-state index in [2.05, 4.69) is 10.5 Å². The SMILES string of the molecule is C/C(=N/NC(=O)c1cccc(O)c1)c1ccc(OCC(=O)N2CCCCC2)cc1. The standard InChI is InChI=1S/C22H25N3O4/c1-16(23-24-22(28)18-6-5-7-19(26)14-18)17-8-10-20(11-9-17)29-15-21(27)25-12-3-2-4-13-25/h5-11,14,26H,2-4,12-13,15H2,1H3,(H,24,28)/b23-16-. The lowest BCUT2D eigenvalue weighted by Crippen LogP contribution is -2.38. The highest BCUT2D eigenvalue weighted by atomic mass is 16.5. The van der Waals surface area contributed by atoms with Crippen LogP contribution in [0.2, 0.25) is 0 Å². The van der Waals surface area contributed by atoms with Gasteiger partial charge in [0.25, 0.3) is 11.8 Å². The summed E-state index contributed by atoms with van der Waals surface area (Å²) < 4.78 is 5.60. The molecule has 1 heterocycles. The minimum Gasteiger partial charge on any atom is -0.508 e. The van der Waals surface area contributed by atoms with Crippen molar-refractivity contribution in [3.63, 3.8) is 0 Å². The molecule has 1 aliphatic rings. The van der Waals surface area contributed by atoms with E-state index >= 15 is 0 Å². The van der Waals surface area contributed by atoms with E-state index in [1.165, 1.54) is 18.6 Å². The van der Waals surface area contributed by atoms with Crippen molar-refractivity contribution in [1.29, 1.82) is 0 Å². The summed E-state index contributed by atoms with van der Waals surface area (Å²) in [6, 6.07) is 13.2. The molecule has 1 fully saturated rings. The number of piperidine rings is 1. The molecule has 0 aromatic heterocycles. The zero-order chi connectivity index (χ0) is 20.6. The van der Waals surface area contributed by atoms with E-state index in [4.69, 9.17) is 4.74 Å². The second-order valence-electron chi connectivity index (χ2n) is 6.94. The molecule has 29 heavy (non-hydrogen) atoms. The maximum atomic E-state index is 12.2. The van der Waals surface area contributed by atoms with Gasteiger partial charge in [0.2, 0.25) is 0 Å². The van der Waals surface area contributed by atoms with Crippen molar-refractivity contribution in [2.45, 2.75) is 26.2 Å². The molecule has 1 aliphatic heterocycles. The highest BCUT2D eigenvalue weighted by Crippen LogP contribution is 2.15. The molecule has 0 aliphatic carbocycles. The number of aromatic hydroxyl groups is 1. The van der Waals surface area contributed by atoms with Gasteiger partial charge in [0.1, 0.15) is 11.5 Å². The van der Waals surface area contributed by atoms with Gasteiger partial charge in [0.05, 0.1) is 5.71 Å². The van der Waals surface area contributed by atoms with Gasteiger partial charge in [-0.05, 0) is 74.2 Å². The van der Waals surface area contributed by atoms with Crippen molar-refractivity contribution in [3.8, 4) is 11.5 Å². The van der Waals surface area contributed by atoms with Gasteiger partial charge >= 0.3 is 0 Å². The first-order valence-corrected chi connectivity index (χ1v) is 9.67. The highest BCUT2D eigenvalue weighted by Gasteiger charge is 2.16. The molecule has 1 saturated heterocycles. The average molecular weight is 395 g/mol. The number of carbonyl (C=O) groups excluding carboxylic acids is 2. The van der Waals surface area contributed by atoms with E-state index in [-0.39, 0.29) is 18.3 Å². The molecule has 0 radical (unpaired) electrons. The van der Waals surface area contributed by atoms with Gasteiger partial charge in [-0.1, -0.05) is 6.07 Å². The summed E-state index contributed by atoms with van der Waals surface area (Å²) >= 11 is 0. The third kappa shape index (κ3) is 5.81. The number of likely N-dealkylation sites (tertiary alicyclic amines) is 1. The summed E-state index contributed by atoms with van der Waals surface area (Å²) in [6.45, 7) is 3.43. The molecule has 2 amide bonds. The maximum absolute atomic E-state index is 12.2. The maximum Gasteiger partial charge on any atom is 0.271 e. The number of ether oxygens (including phenoxy) is 1. The number of nitrogens with one attached hydrogen (secondary N) is 1. The second-order valence-corrected chi connectivity index (χ2v) is 6.94. The second kappa shape index (κ2) is 9.73. The van der Waals surface area contributed by atoms with Gasteiger partial charge in [-0.3, -0.25) is 9.59 Å². The van der Waals surface area contributed by atoms with E-state index in [1.807, 2.05) is 17.0 Å². The third-order valence-electron chi connectivity index (χ3n) is 4.78. The molecular formula is C22H25N3O4. The van der Waals surface area contributed by atoms with Crippen LogP contribution in [0.15, 0.2) is 53.6 Å². The van der Waals surface area contributed by atoms with E-state index in [0.29, 0.717) is 17.0 Å². The van der Waals surface area contributed by atoms with E-state index in [9.17, 15) is 14.7 Å². The van der Waals surface area contributed by atoms with Crippen LogP contribution in [0.1, 0.15) is 42.1 Å². The fourth-order valence-electron chi connectivity index (χ4n) is 3.08. The minimum atomic E-state index is -0.406. The van der Waals surface area contributed by atoms with E-state index in [0.717, 1.165) is 31.5 Å². The monoisotopic (exact) mass is 395 g/mol. The van der Waals surface area contributed by atoms with Crippen LogP contribution in [-0.4, -0.2) is 47.2 Å². The molecular weight excluding hydrogens is 370 g/mol. The number of amides is 2. The molecule has 7 heteroatoms. The van der Waals surface area contributed by atoms with Gasteiger partial charge in [-0.2, -0.15) is 5.10 Å². The molecule has 0 bridgehead atoms. The first-order chi connectivity index (χ1) is 14.0. The van der Waals surface area contributed by atoms with Crippen molar-refractivity contribution >= 4 is 17.5 Å². The Hall–Kier alpha value is -3.35. The van der Waals surface area contributed by atoms with Gasteiger partial charge in [0, 0.05) is 18.7 Å². The number of hydrogen-bond acceptors (Lipinski definition) is 5. The minimum absolute atomic E-state index is 0.0150. The number of phenols is 1. The smallest absolute Gasteiger partial charge is 0.271 e. The Bertz CT molecular complexity index is 887. The lowest BCUT2D eigenvalue weighted by atomic mass is 10.1. The molecule has 2 N–H and O–H groups in total. The van der Waals surface area contributed by atoms with Crippen molar-refractivity contribution in [2.24, 2.45) is 5.10 Å². The van der Waals surface area contributed by atoms with Gasteiger partial charge < -0.3 is 14.7 Å². The number of benzene rings is 2. The topological polar surface area (TPSA) is 91.2 Å². The number of rotatable bonds is 6. The molecule has 7 nitrogen and oxygen atoms in total. The molecule has 0 saturated carbocycles. The van der Waals surface area contributed by atoms with Gasteiger partial charge in [-0.25, -0.2) is 5.43 Å². The Balaban J connectivity index is 1.52. The van der Waals surface area contributed by atoms with Crippen molar-refractivity contribution < 1.29 is 19.4 Å². The largest absolute Gasteiger partial charge is 0.508 e. The molecule has 2 aromatic carbocycles. The van der Waals surface area contributed by atoms with Crippen molar-refractivity contribution in [3.05, 3.63) is 59.7 Å². The zero-order valence-electron chi connectivity index (χ0n) is 16.4. The van der Waals surface area contributed by atoms with Gasteiger partial charge in [-0.15, -0.1) is 0 Å². The Morgan fingerprint density at radius 2 is 1.79 bits per heavy atom. The lowest BCUT2D eigenvalue weighted by molar-refractivity contribution is -0.134. The number of phenolic OH excluding ortho intramolecular Hbond substituents is 1. The number of nitrogens with zero attached hydrogens (tertiary/aromatic N) is 2. The summed E-state index contributed by atoms with van der Waals surface area (Å²) in [6.07, 6.45) is 3.29.